The minimum absolute atomic E-state index is 0.288. The molecule has 0 aliphatic carbocycles. The number of nitro groups is 1. The predicted octanol–water partition coefficient (Wildman–Crippen LogP) is 2.20. The minimum Gasteiger partial charge on any atom is -0.379 e. The smallest absolute Gasteiger partial charge is 0.274 e. The van der Waals surface area contributed by atoms with Crippen LogP contribution in [0, 0.1) is 15.9 Å². The number of rotatable bonds is 4. The van der Waals surface area contributed by atoms with Gasteiger partial charge >= 0.3 is 0 Å². The highest BCUT2D eigenvalue weighted by molar-refractivity contribution is 7.03. The largest absolute Gasteiger partial charge is 0.379 e. The molecule has 1 N–H and O–H groups in total. The van der Waals surface area contributed by atoms with Gasteiger partial charge in [-0.3, -0.25) is 10.1 Å². The molecule has 8 heteroatoms. The predicted molar refractivity (Wildman–Crippen MR) is 60.3 cm³/mol. The first-order valence-corrected chi connectivity index (χ1v) is 5.43. The fourth-order valence-electron chi connectivity index (χ4n) is 1.24. The van der Waals surface area contributed by atoms with Gasteiger partial charge in [0.15, 0.2) is 0 Å². The van der Waals surface area contributed by atoms with Crippen LogP contribution in [0.25, 0.3) is 0 Å². The first-order valence-electron chi connectivity index (χ1n) is 4.60. The molecule has 0 atom stereocenters. The summed E-state index contributed by atoms with van der Waals surface area (Å²) in [5.74, 6) is -0.655. The number of halogens is 1. The Morgan fingerprint density at radius 3 is 2.94 bits per heavy atom. The molecule has 0 radical (unpaired) electrons. The van der Waals surface area contributed by atoms with Crippen LogP contribution in [-0.2, 0) is 6.54 Å². The second-order valence-corrected chi connectivity index (χ2v) is 3.81. The number of anilines is 1. The molecule has 1 aromatic carbocycles. The Labute approximate surface area is 99.4 Å². The molecule has 0 aliphatic heterocycles. The van der Waals surface area contributed by atoms with Crippen LogP contribution in [0.3, 0.4) is 0 Å². The number of hydrogen-bond donors (Lipinski definition) is 1. The van der Waals surface area contributed by atoms with Crippen molar-refractivity contribution in [2.45, 2.75) is 6.54 Å². The first kappa shape index (κ1) is 11.4. The van der Waals surface area contributed by atoms with Crippen molar-refractivity contribution in [2.75, 3.05) is 5.32 Å². The summed E-state index contributed by atoms with van der Waals surface area (Å²) >= 11 is 1.20. The zero-order chi connectivity index (χ0) is 12.3. The topological polar surface area (TPSA) is 81.0 Å². The summed E-state index contributed by atoms with van der Waals surface area (Å²) in [6, 6.07) is 3.32. The number of non-ortho nitro benzene ring substituents is 1. The monoisotopic (exact) mass is 254 g/mol. The Kier molecular flexibility index (Phi) is 3.24. The average molecular weight is 254 g/mol. The number of nitrogens with one attached hydrogen (secondary N) is 1. The molecule has 0 amide bonds. The van der Waals surface area contributed by atoms with Crippen LogP contribution in [0.1, 0.15) is 5.69 Å². The van der Waals surface area contributed by atoms with Crippen LogP contribution in [0.2, 0.25) is 0 Å². The highest BCUT2D eigenvalue weighted by atomic mass is 32.1. The molecule has 0 saturated heterocycles. The van der Waals surface area contributed by atoms with E-state index in [1.54, 1.807) is 5.38 Å². The van der Waals surface area contributed by atoms with Crippen molar-refractivity contribution in [2.24, 2.45) is 0 Å². The van der Waals surface area contributed by atoms with Gasteiger partial charge < -0.3 is 5.32 Å². The molecular weight excluding hydrogens is 247 g/mol. The summed E-state index contributed by atoms with van der Waals surface area (Å²) in [5.41, 5.74) is 0.746. The fourth-order valence-corrected chi connectivity index (χ4v) is 1.69. The summed E-state index contributed by atoms with van der Waals surface area (Å²) in [4.78, 5) is 9.89. The van der Waals surface area contributed by atoms with E-state index in [1.165, 1.54) is 23.7 Å². The SMILES string of the molecule is O=[N+]([O-])c1cc(F)cc(NCc2csnn2)c1. The normalized spacial score (nSPS) is 10.2. The third kappa shape index (κ3) is 2.94. The van der Waals surface area contributed by atoms with Crippen molar-refractivity contribution in [1.82, 2.24) is 9.59 Å². The lowest BCUT2D eigenvalue weighted by Gasteiger charge is -2.04. The number of aromatic nitrogens is 2. The molecule has 6 nitrogen and oxygen atoms in total. The van der Waals surface area contributed by atoms with E-state index in [1.807, 2.05) is 0 Å². The summed E-state index contributed by atoms with van der Waals surface area (Å²) in [7, 11) is 0. The van der Waals surface area contributed by atoms with E-state index in [2.05, 4.69) is 14.9 Å². The van der Waals surface area contributed by atoms with Crippen molar-refractivity contribution < 1.29 is 9.31 Å². The second-order valence-electron chi connectivity index (χ2n) is 3.21. The van der Waals surface area contributed by atoms with Crippen molar-refractivity contribution in [3.8, 4) is 0 Å². The lowest BCUT2D eigenvalue weighted by atomic mass is 10.2. The van der Waals surface area contributed by atoms with Gasteiger partial charge in [0.2, 0.25) is 0 Å². The zero-order valence-electron chi connectivity index (χ0n) is 8.46. The second kappa shape index (κ2) is 4.83. The molecule has 17 heavy (non-hydrogen) atoms. The summed E-state index contributed by atoms with van der Waals surface area (Å²) in [6.45, 7) is 0.344. The van der Waals surface area contributed by atoms with Gasteiger partial charge in [0, 0.05) is 17.1 Å². The van der Waals surface area contributed by atoms with Crippen LogP contribution in [0.5, 0.6) is 0 Å². The third-order valence-corrected chi connectivity index (χ3v) is 2.53. The molecule has 2 rings (SSSR count). The Hall–Kier alpha value is -2.09. The van der Waals surface area contributed by atoms with Gasteiger partial charge in [0.05, 0.1) is 23.2 Å². The van der Waals surface area contributed by atoms with Gasteiger partial charge in [-0.15, -0.1) is 5.10 Å². The Bertz CT molecular complexity index is 532. The lowest BCUT2D eigenvalue weighted by Crippen LogP contribution is -2.01. The number of benzene rings is 1. The minimum atomic E-state index is -0.655. The van der Waals surface area contributed by atoms with Gasteiger partial charge in [-0.2, -0.15) is 0 Å². The highest BCUT2D eigenvalue weighted by Crippen LogP contribution is 2.20. The van der Waals surface area contributed by atoms with E-state index >= 15 is 0 Å². The third-order valence-electron chi connectivity index (χ3n) is 1.97. The molecular formula is C9H7FN4O2S. The van der Waals surface area contributed by atoms with Crippen LogP contribution in [-0.4, -0.2) is 14.5 Å². The van der Waals surface area contributed by atoms with Crippen molar-refractivity contribution in [3.05, 3.63) is 45.2 Å². The molecule has 0 aliphatic rings. The molecule has 1 heterocycles. The van der Waals surface area contributed by atoms with E-state index in [4.69, 9.17) is 0 Å². The van der Waals surface area contributed by atoms with Crippen LogP contribution in [0.4, 0.5) is 15.8 Å². The van der Waals surface area contributed by atoms with Crippen LogP contribution >= 0.6 is 11.5 Å². The molecule has 0 bridgehead atoms. The number of nitrogens with zero attached hydrogens (tertiary/aromatic N) is 3. The van der Waals surface area contributed by atoms with E-state index in [0.717, 1.165) is 6.07 Å². The number of nitro benzene ring substituents is 1. The van der Waals surface area contributed by atoms with Gasteiger partial charge in [-0.05, 0) is 17.6 Å². The standard InChI is InChI=1S/C9H7FN4O2S/c10-6-1-7(3-9(2-6)14(15)16)11-4-8-5-17-13-12-8/h1-3,5,11H,4H2. The Morgan fingerprint density at radius 2 is 2.29 bits per heavy atom. The van der Waals surface area contributed by atoms with Crippen molar-refractivity contribution in [3.63, 3.8) is 0 Å². The van der Waals surface area contributed by atoms with Gasteiger partial charge in [0.25, 0.3) is 5.69 Å². The fraction of sp³-hybridized carbons (Fsp3) is 0.111. The first-order chi connectivity index (χ1) is 8.15. The zero-order valence-corrected chi connectivity index (χ0v) is 9.28. The average Bonchev–Trinajstić information content (AvgIpc) is 2.78. The van der Waals surface area contributed by atoms with Crippen molar-refractivity contribution >= 4 is 22.9 Å². The van der Waals surface area contributed by atoms with Gasteiger partial charge in [0.1, 0.15) is 5.82 Å². The van der Waals surface area contributed by atoms with Crippen molar-refractivity contribution in [1.29, 1.82) is 0 Å². The molecule has 0 spiro atoms. The van der Waals surface area contributed by atoms with E-state index < -0.39 is 10.7 Å². The molecule has 1 aromatic heterocycles. The maximum absolute atomic E-state index is 13.1. The molecule has 88 valence electrons. The maximum Gasteiger partial charge on any atom is 0.274 e. The maximum atomic E-state index is 13.1. The highest BCUT2D eigenvalue weighted by Gasteiger charge is 2.09. The number of hydrogen-bond acceptors (Lipinski definition) is 6. The van der Waals surface area contributed by atoms with Gasteiger partial charge in [-0.25, -0.2) is 4.39 Å². The Morgan fingerprint density at radius 1 is 1.47 bits per heavy atom. The molecule has 2 aromatic rings. The lowest BCUT2D eigenvalue weighted by molar-refractivity contribution is -0.385. The molecule has 0 fully saturated rings. The van der Waals surface area contributed by atoms with E-state index in [9.17, 15) is 14.5 Å². The van der Waals surface area contributed by atoms with Crippen LogP contribution in [0.15, 0.2) is 23.6 Å². The summed E-state index contributed by atoms with van der Waals surface area (Å²) in [6.07, 6.45) is 0. The quantitative estimate of drug-likeness (QED) is 0.668. The Balaban J connectivity index is 2.13. The van der Waals surface area contributed by atoms with E-state index in [0.29, 0.717) is 17.9 Å². The molecule has 0 unspecified atom stereocenters. The van der Waals surface area contributed by atoms with Gasteiger partial charge in [-0.1, -0.05) is 4.49 Å². The van der Waals surface area contributed by atoms with Crippen LogP contribution < -0.4 is 5.32 Å². The summed E-state index contributed by atoms with van der Waals surface area (Å²) in [5, 5.41) is 18.9. The van der Waals surface area contributed by atoms with E-state index in [-0.39, 0.29) is 5.69 Å². The summed E-state index contributed by atoms with van der Waals surface area (Å²) < 4.78 is 16.8. The molecule has 0 saturated carbocycles.